The Balaban J connectivity index is 2.31. The van der Waals surface area contributed by atoms with Crippen molar-refractivity contribution < 1.29 is 4.79 Å². The third-order valence-corrected chi connectivity index (χ3v) is 2.81. The normalized spacial score (nSPS) is 21.5. The maximum absolute atomic E-state index is 11.1. The van der Waals surface area contributed by atoms with E-state index in [0.29, 0.717) is 29.5 Å². The highest BCUT2D eigenvalue weighted by atomic mass is 35.5. The van der Waals surface area contributed by atoms with E-state index in [9.17, 15) is 4.79 Å². The second-order valence-electron chi connectivity index (χ2n) is 3.61. The van der Waals surface area contributed by atoms with Crippen LogP contribution in [0.2, 0.25) is 5.02 Å². The van der Waals surface area contributed by atoms with Crippen LogP contribution in [0.25, 0.3) is 0 Å². The number of nitrogens with two attached hydrogens (primary N) is 1. The Kier molecular flexibility index (Phi) is 2.42. The molecule has 1 unspecified atom stereocenters. The van der Waals surface area contributed by atoms with E-state index in [1.54, 1.807) is 0 Å². The van der Waals surface area contributed by atoms with E-state index in [1.165, 1.54) is 6.20 Å². The lowest BCUT2D eigenvalue weighted by molar-refractivity contribution is -0.117. The van der Waals surface area contributed by atoms with Crippen LogP contribution in [0.15, 0.2) is 12.3 Å². The minimum atomic E-state index is 0.216. The molecule has 1 atom stereocenters. The average molecular weight is 211 g/mol. The van der Waals surface area contributed by atoms with Gasteiger partial charge in [0.05, 0.1) is 5.02 Å². The zero-order valence-corrected chi connectivity index (χ0v) is 8.42. The van der Waals surface area contributed by atoms with Crippen LogP contribution in [0.1, 0.15) is 30.7 Å². The Morgan fingerprint density at radius 2 is 2.36 bits per heavy atom. The number of carbonyl (C=O) groups is 1. The van der Waals surface area contributed by atoms with Crippen molar-refractivity contribution in [2.45, 2.75) is 25.2 Å². The maximum atomic E-state index is 11.1. The lowest BCUT2D eigenvalue weighted by Gasteiger charge is -2.10. The van der Waals surface area contributed by atoms with Gasteiger partial charge in [0.15, 0.2) is 0 Å². The van der Waals surface area contributed by atoms with Crippen molar-refractivity contribution in [3.63, 3.8) is 0 Å². The number of rotatable bonds is 1. The number of anilines is 1. The van der Waals surface area contributed by atoms with Crippen LogP contribution in [0, 0.1) is 0 Å². The van der Waals surface area contributed by atoms with Gasteiger partial charge in [-0.3, -0.25) is 4.79 Å². The number of nitrogen functional groups attached to an aromatic ring is 1. The van der Waals surface area contributed by atoms with Gasteiger partial charge in [-0.2, -0.15) is 0 Å². The van der Waals surface area contributed by atoms with Gasteiger partial charge in [-0.25, -0.2) is 4.98 Å². The van der Waals surface area contributed by atoms with Crippen molar-refractivity contribution in [1.82, 2.24) is 4.98 Å². The summed E-state index contributed by atoms with van der Waals surface area (Å²) < 4.78 is 0. The highest BCUT2D eigenvalue weighted by Crippen LogP contribution is 2.35. The van der Waals surface area contributed by atoms with Crippen molar-refractivity contribution in [2.24, 2.45) is 0 Å². The highest BCUT2D eigenvalue weighted by Gasteiger charge is 2.25. The van der Waals surface area contributed by atoms with Crippen LogP contribution >= 0.6 is 11.6 Å². The number of hydrogen-bond acceptors (Lipinski definition) is 3. The Bertz CT molecular complexity index is 378. The predicted octanol–water partition coefficient (Wildman–Crippen LogP) is 2.15. The number of ketones is 1. The molecule has 1 aliphatic rings. The summed E-state index contributed by atoms with van der Waals surface area (Å²) in [5.41, 5.74) is 6.65. The molecule has 1 fully saturated rings. The van der Waals surface area contributed by atoms with E-state index in [1.807, 2.05) is 6.07 Å². The monoisotopic (exact) mass is 210 g/mol. The summed E-state index contributed by atoms with van der Waals surface area (Å²) >= 11 is 5.83. The van der Waals surface area contributed by atoms with E-state index in [0.717, 1.165) is 12.0 Å². The van der Waals surface area contributed by atoms with Crippen molar-refractivity contribution in [3.05, 3.63) is 22.8 Å². The van der Waals surface area contributed by atoms with Gasteiger partial charge < -0.3 is 5.73 Å². The lowest BCUT2D eigenvalue weighted by atomic mass is 9.98. The molecule has 0 aliphatic heterocycles. The fourth-order valence-corrected chi connectivity index (χ4v) is 2.04. The molecule has 0 saturated heterocycles. The minimum absolute atomic E-state index is 0.216. The molecule has 0 bridgehead atoms. The SMILES string of the molecule is Nc1ncc(Cl)cc1C1CCC(=O)C1. The summed E-state index contributed by atoms with van der Waals surface area (Å²) in [7, 11) is 0. The molecule has 0 amide bonds. The van der Waals surface area contributed by atoms with E-state index >= 15 is 0 Å². The fourth-order valence-electron chi connectivity index (χ4n) is 1.87. The second-order valence-corrected chi connectivity index (χ2v) is 4.04. The van der Waals surface area contributed by atoms with Gasteiger partial charge in [-0.1, -0.05) is 11.6 Å². The van der Waals surface area contributed by atoms with Crippen molar-refractivity contribution in [1.29, 1.82) is 0 Å². The van der Waals surface area contributed by atoms with Crippen molar-refractivity contribution in [2.75, 3.05) is 5.73 Å². The number of halogens is 1. The summed E-state index contributed by atoms with van der Waals surface area (Å²) in [6, 6.07) is 1.81. The molecular formula is C10H11ClN2O. The first-order valence-corrected chi connectivity index (χ1v) is 4.97. The smallest absolute Gasteiger partial charge is 0.133 e. The largest absolute Gasteiger partial charge is 0.383 e. The predicted molar refractivity (Wildman–Crippen MR) is 55.3 cm³/mol. The molecule has 74 valence electrons. The van der Waals surface area contributed by atoms with E-state index in [4.69, 9.17) is 17.3 Å². The molecule has 1 aliphatic carbocycles. The van der Waals surface area contributed by atoms with Gasteiger partial charge in [-0.15, -0.1) is 0 Å². The number of aromatic nitrogens is 1. The van der Waals surface area contributed by atoms with E-state index in [-0.39, 0.29) is 5.92 Å². The molecule has 1 heterocycles. The van der Waals surface area contributed by atoms with Gasteiger partial charge in [0.1, 0.15) is 11.6 Å². The van der Waals surface area contributed by atoms with Gasteiger partial charge in [-0.05, 0) is 24.0 Å². The van der Waals surface area contributed by atoms with Gasteiger partial charge in [0.2, 0.25) is 0 Å². The molecule has 0 radical (unpaired) electrons. The van der Waals surface area contributed by atoms with Gasteiger partial charge in [0.25, 0.3) is 0 Å². The summed E-state index contributed by atoms with van der Waals surface area (Å²) in [6.45, 7) is 0. The molecule has 0 spiro atoms. The molecule has 14 heavy (non-hydrogen) atoms. The van der Waals surface area contributed by atoms with Crippen molar-refractivity contribution in [3.8, 4) is 0 Å². The molecule has 4 heteroatoms. The number of nitrogens with zero attached hydrogens (tertiary/aromatic N) is 1. The second kappa shape index (κ2) is 3.58. The standard InChI is InChI=1S/C10H11ClN2O/c11-7-4-9(10(12)13-5-7)6-1-2-8(14)3-6/h4-6H,1-3H2,(H2,12,13). The summed E-state index contributed by atoms with van der Waals surface area (Å²) in [6.07, 6.45) is 3.62. The third kappa shape index (κ3) is 1.73. The van der Waals surface area contributed by atoms with Crippen LogP contribution in [0.5, 0.6) is 0 Å². The average Bonchev–Trinajstić information content (AvgIpc) is 2.56. The summed E-state index contributed by atoms with van der Waals surface area (Å²) in [5, 5.41) is 0.577. The van der Waals surface area contributed by atoms with Gasteiger partial charge in [0, 0.05) is 19.0 Å². The van der Waals surface area contributed by atoms with Crippen LogP contribution in [0.3, 0.4) is 0 Å². The zero-order chi connectivity index (χ0) is 10.1. The topological polar surface area (TPSA) is 56.0 Å². The van der Waals surface area contributed by atoms with E-state index in [2.05, 4.69) is 4.98 Å². The highest BCUT2D eigenvalue weighted by molar-refractivity contribution is 6.30. The number of hydrogen-bond donors (Lipinski definition) is 1. The number of pyridine rings is 1. The summed E-state index contributed by atoms with van der Waals surface area (Å²) in [4.78, 5) is 15.1. The molecular weight excluding hydrogens is 200 g/mol. The molecule has 0 aromatic carbocycles. The third-order valence-electron chi connectivity index (χ3n) is 2.60. The summed E-state index contributed by atoms with van der Waals surface area (Å²) in [5.74, 6) is 1.01. The molecule has 2 rings (SSSR count). The first-order valence-electron chi connectivity index (χ1n) is 4.59. The van der Waals surface area contributed by atoms with Crippen molar-refractivity contribution >= 4 is 23.2 Å². The van der Waals surface area contributed by atoms with Gasteiger partial charge >= 0.3 is 0 Å². The Labute approximate surface area is 87.3 Å². The Morgan fingerprint density at radius 3 is 3.00 bits per heavy atom. The Morgan fingerprint density at radius 1 is 1.57 bits per heavy atom. The molecule has 1 saturated carbocycles. The molecule has 2 N–H and O–H groups in total. The maximum Gasteiger partial charge on any atom is 0.133 e. The Hall–Kier alpha value is -1.09. The fraction of sp³-hybridized carbons (Fsp3) is 0.400. The molecule has 3 nitrogen and oxygen atoms in total. The van der Waals surface area contributed by atoms with E-state index < -0.39 is 0 Å². The van der Waals surface area contributed by atoms with Crippen LogP contribution in [0.4, 0.5) is 5.82 Å². The van der Waals surface area contributed by atoms with Crippen LogP contribution < -0.4 is 5.73 Å². The first-order chi connectivity index (χ1) is 6.66. The quantitative estimate of drug-likeness (QED) is 0.773. The lowest BCUT2D eigenvalue weighted by Crippen LogP contribution is -2.02. The van der Waals surface area contributed by atoms with Crippen LogP contribution in [-0.2, 0) is 4.79 Å². The zero-order valence-electron chi connectivity index (χ0n) is 7.66. The van der Waals surface area contributed by atoms with Crippen LogP contribution in [-0.4, -0.2) is 10.8 Å². The minimum Gasteiger partial charge on any atom is -0.383 e. The number of carbonyl (C=O) groups excluding carboxylic acids is 1. The first kappa shape index (κ1) is 9.46. The molecule has 1 aromatic heterocycles. The number of Topliss-reactive ketones (excluding diaryl/α,β-unsaturated/α-hetero) is 1. The molecule has 1 aromatic rings.